The van der Waals surface area contributed by atoms with Crippen molar-refractivity contribution in [1.29, 1.82) is 0 Å². The first-order valence-corrected chi connectivity index (χ1v) is 6.78. The first-order valence-electron chi connectivity index (χ1n) is 6.78. The molecule has 0 saturated carbocycles. The molecule has 0 aliphatic carbocycles. The molecule has 0 saturated heterocycles. The van der Waals surface area contributed by atoms with Crippen molar-refractivity contribution in [2.24, 2.45) is 0 Å². The molecule has 2 aromatic carbocycles. The largest absolute Gasteiger partial charge is 0.670 e. The van der Waals surface area contributed by atoms with E-state index in [2.05, 4.69) is 24.2 Å². The summed E-state index contributed by atoms with van der Waals surface area (Å²) in [5.74, 6) is 0.854. The van der Waals surface area contributed by atoms with Crippen LogP contribution in [0.25, 0.3) is 39.9 Å². The quantitative estimate of drug-likeness (QED) is 0.626. The summed E-state index contributed by atoms with van der Waals surface area (Å²) in [6, 6.07) is 14.2. The number of hydrogen-bond donors (Lipinski definition) is 0. The van der Waals surface area contributed by atoms with Crippen LogP contribution in [0.15, 0.2) is 54.9 Å². The molecule has 1 aliphatic rings. The molecule has 3 heteroatoms. The molecule has 2 heterocycles. The van der Waals surface area contributed by atoms with Crippen molar-refractivity contribution >= 4 is 23.2 Å². The van der Waals surface area contributed by atoms with Crippen LogP contribution in [0, 0.1) is 6.72 Å². The molecule has 3 aromatic rings. The number of rotatable bonds is 1. The second kappa shape index (κ2) is 4.56. The molecule has 21 heavy (non-hydrogen) atoms. The zero-order valence-electron chi connectivity index (χ0n) is 11.4. The Labute approximate surface area is 122 Å². The van der Waals surface area contributed by atoms with Gasteiger partial charge in [-0.15, -0.1) is 0 Å². The minimum Gasteiger partial charge on any atom is -0.670 e. The molecule has 0 unspecified atom stereocenters. The number of aromatic nitrogens is 2. The lowest BCUT2D eigenvalue weighted by Crippen LogP contribution is -2.20. The molecule has 0 amide bonds. The zero-order valence-corrected chi connectivity index (χ0v) is 11.4. The monoisotopic (exact) mass is 271 g/mol. The Morgan fingerprint density at radius 2 is 1.90 bits per heavy atom. The maximum atomic E-state index is 4.85. The van der Waals surface area contributed by atoms with E-state index in [-0.39, 0.29) is 0 Å². The highest BCUT2D eigenvalue weighted by molar-refractivity contribution is 5.89. The van der Waals surface area contributed by atoms with Gasteiger partial charge >= 0.3 is 5.82 Å². The highest BCUT2D eigenvalue weighted by Gasteiger charge is 2.15. The molecule has 0 atom stereocenters. The van der Waals surface area contributed by atoms with Gasteiger partial charge in [0.1, 0.15) is 6.20 Å². The summed E-state index contributed by atoms with van der Waals surface area (Å²) >= 11 is 0. The first kappa shape index (κ1) is 11.9. The van der Waals surface area contributed by atoms with Crippen LogP contribution in [0.3, 0.4) is 0 Å². The minimum atomic E-state index is 0.854. The Bertz CT molecular complexity index is 973. The van der Waals surface area contributed by atoms with Gasteiger partial charge in [0, 0.05) is 5.56 Å². The Balaban J connectivity index is 2.09. The molecule has 0 spiro atoms. The van der Waals surface area contributed by atoms with Crippen LogP contribution in [0.5, 0.6) is 0 Å². The van der Waals surface area contributed by atoms with E-state index in [1.165, 1.54) is 0 Å². The molecule has 1 aliphatic heterocycles. The molecule has 4 rings (SSSR count). The molecule has 0 bridgehead atoms. The van der Waals surface area contributed by atoms with Crippen LogP contribution in [0.1, 0.15) is 5.56 Å². The summed E-state index contributed by atoms with van der Waals surface area (Å²) in [5, 5.41) is 6.34. The summed E-state index contributed by atoms with van der Waals surface area (Å²) < 4.78 is 1.82. The van der Waals surface area contributed by atoms with Crippen LogP contribution in [0.2, 0.25) is 0 Å². The van der Waals surface area contributed by atoms with Crippen molar-refractivity contribution in [1.82, 2.24) is 4.98 Å². The fourth-order valence-electron chi connectivity index (χ4n) is 2.61. The van der Waals surface area contributed by atoms with Crippen molar-refractivity contribution in [3.63, 3.8) is 0 Å². The lowest BCUT2D eigenvalue weighted by atomic mass is 10.1. The number of hydrogen-bond acceptors (Lipinski definition) is 1. The van der Waals surface area contributed by atoms with Crippen molar-refractivity contribution in [2.75, 3.05) is 0 Å². The van der Waals surface area contributed by atoms with Gasteiger partial charge in [-0.2, -0.15) is 12.4 Å². The Morgan fingerprint density at radius 3 is 2.76 bits per heavy atom. The van der Waals surface area contributed by atoms with E-state index in [4.69, 9.17) is 4.98 Å². The maximum absolute atomic E-state index is 4.85. The summed E-state index contributed by atoms with van der Waals surface area (Å²) in [6.45, 7) is 4.07. The van der Waals surface area contributed by atoms with Crippen LogP contribution in [0.4, 0.5) is 0 Å². The van der Waals surface area contributed by atoms with Crippen LogP contribution in [-0.2, 0) is 0 Å². The van der Waals surface area contributed by atoms with E-state index >= 15 is 0 Å². The van der Waals surface area contributed by atoms with Crippen LogP contribution in [-0.4, -0.2) is 4.98 Å². The number of fused-ring (bicyclic) bond motifs is 3. The lowest BCUT2D eigenvalue weighted by molar-refractivity contribution is -0.487. The highest BCUT2D eigenvalue weighted by Crippen LogP contribution is 2.19. The van der Waals surface area contributed by atoms with Gasteiger partial charge in [-0.05, 0) is 28.4 Å². The zero-order chi connectivity index (χ0) is 14.2. The summed E-state index contributed by atoms with van der Waals surface area (Å²) in [7, 11) is 0. The summed E-state index contributed by atoms with van der Waals surface area (Å²) in [4.78, 5) is 4.85. The highest BCUT2D eigenvalue weighted by atomic mass is 14.9. The Hall–Kier alpha value is -2.94. The standard InChI is InChI=1S/C18H13N3/c1-21-12-15-8-7-14-11-19-10-9-16(14)17(15)20-18(21)13-5-3-2-4-6-13/h2-12H,1H2. The smallest absolute Gasteiger partial charge is 0.335 e. The average Bonchev–Trinajstić information content (AvgIpc) is 2.55. The van der Waals surface area contributed by atoms with Crippen molar-refractivity contribution < 1.29 is 4.24 Å². The topological polar surface area (TPSA) is 32.9 Å². The lowest BCUT2D eigenvalue weighted by Gasteiger charge is -2.13. The van der Waals surface area contributed by atoms with E-state index in [0.29, 0.717) is 0 Å². The van der Waals surface area contributed by atoms with Gasteiger partial charge < -0.3 is 5.32 Å². The Kier molecular flexibility index (Phi) is 2.57. The second-order valence-corrected chi connectivity index (χ2v) is 5.00. The van der Waals surface area contributed by atoms with Gasteiger partial charge in [0.15, 0.2) is 5.52 Å². The molecule has 0 radical (unpaired) electrons. The average molecular weight is 271 g/mol. The maximum Gasteiger partial charge on any atom is 0.335 e. The van der Waals surface area contributed by atoms with Gasteiger partial charge in [0.2, 0.25) is 0 Å². The predicted octanol–water partition coefficient (Wildman–Crippen LogP) is 2.92. The van der Waals surface area contributed by atoms with E-state index in [9.17, 15) is 0 Å². The summed E-state index contributed by atoms with van der Waals surface area (Å²) in [5.41, 5.74) is 3.15. The second-order valence-electron chi connectivity index (χ2n) is 5.00. The van der Waals surface area contributed by atoms with E-state index in [0.717, 1.165) is 33.1 Å². The van der Waals surface area contributed by atoms with E-state index in [1.807, 2.05) is 53.0 Å². The molecule has 3 nitrogen and oxygen atoms in total. The number of benzene rings is 2. The van der Waals surface area contributed by atoms with E-state index in [1.54, 1.807) is 6.20 Å². The molecule has 0 N–H and O–H groups in total. The fourth-order valence-corrected chi connectivity index (χ4v) is 2.61. The fraction of sp³-hybridized carbons (Fsp3) is 0. The third kappa shape index (κ3) is 1.91. The molecular formula is C18H13N3. The van der Waals surface area contributed by atoms with Crippen molar-refractivity contribution in [3.05, 3.63) is 77.7 Å². The predicted molar refractivity (Wildman–Crippen MR) is 84.6 cm³/mol. The molecule has 1 aromatic heterocycles. The normalized spacial score (nSPS) is 12.6. The number of nitrogens with zero attached hydrogens (tertiary/aromatic N) is 3. The van der Waals surface area contributed by atoms with Crippen LogP contribution >= 0.6 is 0 Å². The Morgan fingerprint density at radius 1 is 1.05 bits per heavy atom. The third-order valence-electron chi connectivity index (χ3n) is 3.64. The van der Waals surface area contributed by atoms with Crippen LogP contribution < -0.4 is 9.46 Å². The third-order valence-corrected chi connectivity index (χ3v) is 3.64. The van der Waals surface area contributed by atoms with Gasteiger partial charge in [-0.25, -0.2) is 4.24 Å². The summed E-state index contributed by atoms with van der Waals surface area (Å²) in [6.07, 6.45) is 7.69. The van der Waals surface area contributed by atoms with Gasteiger partial charge in [-0.1, -0.05) is 30.3 Å². The van der Waals surface area contributed by atoms with Crippen molar-refractivity contribution in [3.8, 4) is 11.4 Å². The molecule has 0 fully saturated rings. The molecular weight excluding hydrogens is 258 g/mol. The van der Waals surface area contributed by atoms with Crippen molar-refractivity contribution in [2.45, 2.75) is 0 Å². The molecule has 100 valence electrons. The first-order chi connectivity index (χ1) is 10.3. The SMILES string of the molecule is C=[n+]1cc2ccc3c(c2nc1-c1ccccc1)C=C[N-]C=3. The minimum absolute atomic E-state index is 0.854. The van der Waals surface area contributed by atoms with Gasteiger partial charge in [-0.3, -0.25) is 0 Å². The van der Waals surface area contributed by atoms with Gasteiger partial charge in [0.05, 0.1) is 17.7 Å². The van der Waals surface area contributed by atoms with E-state index < -0.39 is 0 Å². The van der Waals surface area contributed by atoms with Gasteiger partial charge in [0.25, 0.3) is 0 Å².